The molecule has 1 saturated heterocycles. The molecular weight excluding hydrogens is 631 g/mol. The van der Waals surface area contributed by atoms with Gasteiger partial charge in [-0.3, -0.25) is 14.5 Å². The predicted octanol–water partition coefficient (Wildman–Crippen LogP) is 5.80. The molecule has 12 heteroatoms. The maximum atomic E-state index is 14.3. The fourth-order valence-corrected chi connectivity index (χ4v) is 7.17. The number of aromatic nitrogens is 2. The Morgan fingerprint density at radius 3 is 2.35 bits per heavy atom. The number of hydrogen-bond acceptors (Lipinski definition) is 9. The van der Waals surface area contributed by atoms with Gasteiger partial charge in [-0.25, -0.2) is 14.4 Å². The van der Waals surface area contributed by atoms with Gasteiger partial charge < -0.3 is 25.8 Å². The molecule has 2 aliphatic rings. The molecule has 2 aromatic heterocycles. The van der Waals surface area contributed by atoms with Crippen LogP contribution in [0.1, 0.15) is 70.9 Å². The van der Waals surface area contributed by atoms with E-state index in [1.54, 1.807) is 23.6 Å². The van der Waals surface area contributed by atoms with Gasteiger partial charge in [-0.15, -0.1) is 11.3 Å². The van der Waals surface area contributed by atoms with Crippen LogP contribution in [0.15, 0.2) is 60.1 Å². The number of amides is 2. The van der Waals surface area contributed by atoms with Gasteiger partial charge in [0.1, 0.15) is 28.6 Å². The molecule has 1 aliphatic carbocycles. The predicted molar refractivity (Wildman–Crippen MR) is 183 cm³/mol. The zero-order chi connectivity index (χ0) is 33.8. The summed E-state index contributed by atoms with van der Waals surface area (Å²) >= 11 is 1.43. The number of hydrogen-bond donors (Lipinski definition) is 4. The topological polar surface area (TPSA) is 129 Å². The van der Waals surface area contributed by atoms with Crippen LogP contribution in [0, 0.1) is 12.7 Å². The van der Waals surface area contributed by atoms with E-state index in [0.29, 0.717) is 55.8 Å². The first kappa shape index (κ1) is 33.5. The lowest BCUT2D eigenvalue weighted by Gasteiger charge is -2.36. The standard InChI is InChI=1S/C36H41FN6O4S/c1-21-17-43(18-22(2)39-21)19-26-8-7-25(14-33(26)44)24-5-4-6-30(13-24)47-36-31(15-27(37)16-38-36)34(45)41-28-9-11-29(12-10-28)42-35(46)32-20-48-23(3)40-32/h4-8,13-16,20-22,28-29,39,44H,9-12,17-19H2,1-3H3,(H,41,45)(H,42,46)/t21-,22+,28-,29+. The van der Waals surface area contributed by atoms with Gasteiger partial charge in [-0.2, -0.15) is 0 Å². The molecule has 6 rings (SSSR count). The van der Waals surface area contributed by atoms with Crippen LogP contribution in [0.2, 0.25) is 0 Å². The van der Waals surface area contributed by atoms with Crippen LogP contribution in [-0.2, 0) is 6.54 Å². The summed E-state index contributed by atoms with van der Waals surface area (Å²) in [6.07, 6.45) is 3.73. The first-order chi connectivity index (χ1) is 23.1. The molecule has 4 aromatic rings. The van der Waals surface area contributed by atoms with E-state index in [2.05, 4.69) is 44.7 Å². The molecule has 3 heterocycles. The smallest absolute Gasteiger partial charge is 0.270 e. The highest BCUT2D eigenvalue weighted by Crippen LogP contribution is 2.32. The Kier molecular flexibility index (Phi) is 10.3. The summed E-state index contributed by atoms with van der Waals surface area (Å²) in [7, 11) is 0. The number of halogens is 1. The van der Waals surface area contributed by atoms with Crippen molar-refractivity contribution >= 4 is 23.2 Å². The summed E-state index contributed by atoms with van der Waals surface area (Å²) in [5, 5.41) is 23.0. The maximum absolute atomic E-state index is 14.3. The zero-order valence-electron chi connectivity index (χ0n) is 27.3. The van der Waals surface area contributed by atoms with Gasteiger partial charge in [-0.1, -0.05) is 24.3 Å². The fraction of sp³-hybridized carbons (Fsp3) is 0.389. The van der Waals surface area contributed by atoms with Crippen LogP contribution < -0.4 is 20.7 Å². The first-order valence-electron chi connectivity index (χ1n) is 16.4. The van der Waals surface area contributed by atoms with E-state index in [0.717, 1.165) is 47.1 Å². The Hall–Kier alpha value is -4.39. The quantitative estimate of drug-likeness (QED) is 0.176. The van der Waals surface area contributed by atoms with Gasteiger partial charge in [0, 0.05) is 54.7 Å². The number of pyridine rings is 1. The molecule has 0 radical (unpaired) electrons. The van der Waals surface area contributed by atoms with E-state index in [1.807, 2.05) is 31.2 Å². The Bertz CT molecular complexity index is 1760. The van der Waals surface area contributed by atoms with Crippen molar-refractivity contribution in [2.24, 2.45) is 0 Å². The number of carbonyl (C=O) groups excluding carboxylic acids is 2. The largest absolute Gasteiger partial charge is 0.508 e. The molecule has 1 saturated carbocycles. The lowest BCUT2D eigenvalue weighted by molar-refractivity contribution is 0.0888. The van der Waals surface area contributed by atoms with E-state index in [-0.39, 0.29) is 35.2 Å². The van der Waals surface area contributed by atoms with Crippen LogP contribution in [0.25, 0.3) is 11.1 Å². The third kappa shape index (κ3) is 8.36. The van der Waals surface area contributed by atoms with Crippen molar-refractivity contribution in [2.75, 3.05) is 13.1 Å². The second kappa shape index (κ2) is 14.8. The Morgan fingerprint density at radius 2 is 1.69 bits per heavy atom. The highest BCUT2D eigenvalue weighted by molar-refractivity contribution is 7.09. The lowest BCUT2D eigenvalue weighted by atomic mass is 9.91. The average Bonchev–Trinajstić information content (AvgIpc) is 3.50. The number of aryl methyl sites for hydroxylation is 1. The number of phenols is 1. The number of ether oxygens (including phenoxy) is 1. The number of phenolic OH excluding ortho intramolecular Hbond substituents is 1. The number of carbonyl (C=O) groups is 2. The molecule has 252 valence electrons. The number of nitrogens with one attached hydrogen (secondary N) is 3. The number of rotatable bonds is 9. The number of benzene rings is 2. The molecule has 0 unspecified atom stereocenters. The van der Waals surface area contributed by atoms with E-state index in [1.165, 1.54) is 11.3 Å². The molecule has 48 heavy (non-hydrogen) atoms. The van der Waals surface area contributed by atoms with Gasteiger partial charge in [0.25, 0.3) is 11.8 Å². The van der Waals surface area contributed by atoms with E-state index < -0.39 is 11.7 Å². The minimum Gasteiger partial charge on any atom is -0.508 e. The van der Waals surface area contributed by atoms with Crippen molar-refractivity contribution in [1.82, 2.24) is 30.8 Å². The number of piperazine rings is 1. The number of thiazole rings is 1. The van der Waals surface area contributed by atoms with E-state index >= 15 is 0 Å². The fourth-order valence-electron chi connectivity index (χ4n) is 6.58. The van der Waals surface area contributed by atoms with Gasteiger partial charge in [0.05, 0.1) is 11.2 Å². The van der Waals surface area contributed by atoms with Gasteiger partial charge in [0.2, 0.25) is 5.88 Å². The summed E-state index contributed by atoms with van der Waals surface area (Å²) in [6, 6.07) is 14.7. The third-order valence-electron chi connectivity index (χ3n) is 8.81. The molecule has 1 aliphatic heterocycles. The minimum atomic E-state index is -0.648. The molecule has 2 amide bonds. The normalized spacial score (nSPS) is 21.4. The monoisotopic (exact) mass is 672 g/mol. The molecule has 2 fully saturated rings. The van der Waals surface area contributed by atoms with Crippen LogP contribution >= 0.6 is 11.3 Å². The molecule has 0 spiro atoms. The van der Waals surface area contributed by atoms with Crippen LogP contribution in [0.5, 0.6) is 17.4 Å². The van der Waals surface area contributed by atoms with Crippen molar-refractivity contribution in [3.8, 4) is 28.5 Å². The molecule has 2 aromatic carbocycles. The highest BCUT2D eigenvalue weighted by atomic mass is 32.1. The van der Waals surface area contributed by atoms with E-state index in [4.69, 9.17) is 4.74 Å². The SMILES string of the molecule is Cc1nc(C(=O)N[C@H]2CC[C@@H](NC(=O)c3cc(F)cnc3Oc3cccc(-c4ccc(CN5C[C@@H](C)N[C@@H](C)C5)c(O)c4)c3)CC2)cs1. The van der Waals surface area contributed by atoms with Gasteiger partial charge in [-0.05, 0) is 81.8 Å². The lowest BCUT2D eigenvalue weighted by Crippen LogP contribution is -2.53. The molecule has 0 bridgehead atoms. The van der Waals surface area contributed by atoms with Crippen molar-refractivity contribution in [3.63, 3.8) is 0 Å². The van der Waals surface area contributed by atoms with Crippen molar-refractivity contribution < 1.29 is 23.8 Å². The minimum absolute atomic E-state index is 0.00622. The van der Waals surface area contributed by atoms with Crippen molar-refractivity contribution in [2.45, 2.75) is 77.2 Å². The van der Waals surface area contributed by atoms with Gasteiger partial charge >= 0.3 is 0 Å². The Labute approximate surface area is 283 Å². The summed E-state index contributed by atoms with van der Waals surface area (Å²) in [5.41, 5.74) is 2.89. The molecule has 4 N–H and O–H groups in total. The highest BCUT2D eigenvalue weighted by Gasteiger charge is 2.27. The average molecular weight is 673 g/mol. The van der Waals surface area contributed by atoms with Crippen LogP contribution in [-0.4, -0.2) is 69.0 Å². The summed E-state index contributed by atoms with van der Waals surface area (Å²) < 4.78 is 20.4. The van der Waals surface area contributed by atoms with Gasteiger partial charge in [0.15, 0.2) is 0 Å². The second-order valence-electron chi connectivity index (χ2n) is 12.9. The maximum Gasteiger partial charge on any atom is 0.270 e. The first-order valence-corrected chi connectivity index (χ1v) is 17.3. The second-order valence-corrected chi connectivity index (χ2v) is 14.0. The molecule has 2 atom stereocenters. The van der Waals surface area contributed by atoms with Crippen molar-refractivity contribution in [3.05, 3.63) is 87.8 Å². The molecule has 10 nitrogen and oxygen atoms in total. The molecular formula is C36H41FN6O4S. The third-order valence-corrected chi connectivity index (χ3v) is 9.58. The zero-order valence-corrected chi connectivity index (χ0v) is 28.1. The van der Waals surface area contributed by atoms with Crippen LogP contribution in [0.4, 0.5) is 4.39 Å². The summed E-state index contributed by atoms with van der Waals surface area (Å²) in [5.74, 6) is -0.684. The van der Waals surface area contributed by atoms with Crippen LogP contribution in [0.3, 0.4) is 0 Å². The van der Waals surface area contributed by atoms with E-state index in [9.17, 15) is 19.1 Å². The summed E-state index contributed by atoms with van der Waals surface area (Å²) in [6.45, 7) is 8.68. The number of aromatic hydroxyl groups is 1. The number of nitrogens with zero attached hydrogens (tertiary/aromatic N) is 3. The summed E-state index contributed by atoms with van der Waals surface area (Å²) in [4.78, 5) is 36.5. The Morgan fingerprint density at radius 1 is 1.00 bits per heavy atom. The Balaban J connectivity index is 1.08. The van der Waals surface area contributed by atoms with Crippen molar-refractivity contribution in [1.29, 1.82) is 0 Å².